The van der Waals surface area contributed by atoms with Crippen molar-refractivity contribution in [1.82, 2.24) is 10.2 Å². The van der Waals surface area contributed by atoms with E-state index in [0.29, 0.717) is 10.6 Å². The first-order valence-corrected chi connectivity index (χ1v) is 14.6. The van der Waals surface area contributed by atoms with E-state index in [9.17, 15) is 18.0 Å². The minimum atomic E-state index is -4.38. The van der Waals surface area contributed by atoms with Crippen molar-refractivity contribution in [1.29, 1.82) is 0 Å². The first kappa shape index (κ1) is 29.8. The fourth-order valence-electron chi connectivity index (χ4n) is 4.42. The zero-order chi connectivity index (χ0) is 29.4. The molecule has 7 nitrogen and oxygen atoms in total. The highest BCUT2D eigenvalue weighted by molar-refractivity contribution is 7.92. The monoisotopic (exact) mass is 593 g/mol. The molecule has 0 aromatic heterocycles. The lowest BCUT2D eigenvalue weighted by Gasteiger charge is -2.33. The van der Waals surface area contributed by atoms with E-state index >= 15 is 4.39 Å². The number of para-hydroxylation sites is 1. The van der Waals surface area contributed by atoms with Crippen LogP contribution in [0.1, 0.15) is 11.1 Å². The summed E-state index contributed by atoms with van der Waals surface area (Å²) in [6, 6.07) is 27.8. The molecule has 0 saturated carbocycles. The van der Waals surface area contributed by atoms with Gasteiger partial charge >= 0.3 is 0 Å². The van der Waals surface area contributed by atoms with Gasteiger partial charge in [-0.15, -0.1) is 0 Å². The molecule has 1 N–H and O–H groups in total. The van der Waals surface area contributed by atoms with Crippen molar-refractivity contribution in [2.45, 2.75) is 23.9 Å². The second-order valence-corrected chi connectivity index (χ2v) is 11.5. The number of halogens is 2. The number of rotatable bonds is 11. The van der Waals surface area contributed by atoms with Gasteiger partial charge in [0.05, 0.1) is 10.6 Å². The number of carbonyl (C=O) groups is 2. The Morgan fingerprint density at radius 1 is 0.854 bits per heavy atom. The third-order valence-corrected chi connectivity index (χ3v) is 8.69. The van der Waals surface area contributed by atoms with Crippen LogP contribution in [-0.2, 0) is 32.6 Å². The Morgan fingerprint density at radius 2 is 1.44 bits per heavy atom. The number of nitrogens with zero attached hydrogens (tertiary/aromatic N) is 2. The van der Waals surface area contributed by atoms with Gasteiger partial charge in [0, 0.05) is 25.0 Å². The molecule has 0 aliphatic rings. The van der Waals surface area contributed by atoms with Gasteiger partial charge in [-0.05, 0) is 41.5 Å². The van der Waals surface area contributed by atoms with Crippen molar-refractivity contribution in [3.63, 3.8) is 0 Å². The number of hydrogen-bond donors (Lipinski definition) is 1. The summed E-state index contributed by atoms with van der Waals surface area (Å²) in [4.78, 5) is 28.6. The predicted molar refractivity (Wildman–Crippen MR) is 157 cm³/mol. The highest BCUT2D eigenvalue weighted by atomic mass is 35.5. The minimum Gasteiger partial charge on any atom is -0.357 e. The first-order chi connectivity index (χ1) is 19.7. The number of anilines is 1. The number of amides is 2. The summed E-state index contributed by atoms with van der Waals surface area (Å²) in [5.41, 5.74) is 1.07. The summed E-state index contributed by atoms with van der Waals surface area (Å²) in [5.74, 6) is -1.97. The molecule has 2 amide bonds. The van der Waals surface area contributed by atoms with E-state index in [2.05, 4.69) is 5.32 Å². The molecule has 1 atom stereocenters. The standard InChI is InChI=1S/C31H29ClFN3O4S/c1-34-31(38)29(20-23-12-4-2-5-13-23)35(21-24-14-8-9-17-26(24)32)30(37)22-36(28-19-11-10-18-27(28)33)41(39,40)25-15-6-3-7-16-25/h2-19,29H,20-22H2,1H3,(H,34,38)/t29-/m1/s1. The highest BCUT2D eigenvalue weighted by Crippen LogP contribution is 2.27. The largest absolute Gasteiger partial charge is 0.357 e. The maximum Gasteiger partial charge on any atom is 0.264 e. The highest BCUT2D eigenvalue weighted by Gasteiger charge is 2.35. The zero-order valence-corrected chi connectivity index (χ0v) is 23.9. The molecule has 0 aliphatic heterocycles. The Hall–Kier alpha value is -4.21. The third-order valence-electron chi connectivity index (χ3n) is 6.55. The van der Waals surface area contributed by atoms with Crippen molar-refractivity contribution in [3.8, 4) is 0 Å². The van der Waals surface area contributed by atoms with E-state index in [1.807, 2.05) is 30.3 Å². The maximum absolute atomic E-state index is 15.1. The smallest absolute Gasteiger partial charge is 0.264 e. The van der Waals surface area contributed by atoms with Crippen LogP contribution in [0, 0.1) is 5.82 Å². The molecule has 41 heavy (non-hydrogen) atoms. The first-order valence-electron chi connectivity index (χ1n) is 12.8. The van der Waals surface area contributed by atoms with E-state index < -0.39 is 40.2 Å². The van der Waals surface area contributed by atoms with Crippen LogP contribution in [0.4, 0.5) is 10.1 Å². The summed E-state index contributed by atoms with van der Waals surface area (Å²) >= 11 is 6.43. The maximum atomic E-state index is 15.1. The summed E-state index contributed by atoms with van der Waals surface area (Å²) < 4.78 is 43.4. The van der Waals surface area contributed by atoms with E-state index in [1.54, 1.807) is 42.5 Å². The molecular weight excluding hydrogens is 565 g/mol. The minimum absolute atomic E-state index is 0.0834. The van der Waals surface area contributed by atoms with Gasteiger partial charge in [0.25, 0.3) is 10.0 Å². The van der Waals surface area contributed by atoms with Crippen LogP contribution in [0.25, 0.3) is 0 Å². The van der Waals surface area contributed by atoms with Gasteiger partial charge in [0.2, 0.25) is 11.8 Å². The molecule has 0 fully saturated rings. The summed E-state index contributed by atoms with van der Waals surface area (Å²) in [5, 5.41) is 2.99. The lowest BCUT2D eigenvalue weighted by Crippen LogP contribution is -2.53. The van der Waals surface area contributed by atoms with Gasteiger partial charge < -0.3 is 10.2 Å². The average molecular weight is 594 g/mol. The van der Waals surface area contributed by atoms with Crippen LogP contribution in [0.5, 0.6) is 0 Å². The molecule has 0 spiro atoms. The lowest BCUT2D eigenvalue weighted by atomic mass is 10.0. The van der Waals surface area contributed by atoms with Crippen molar-refractivity contribution in [2.75, 3.05) is 17.9 Å². The SMILES string of the molecule is CNC(=O)[C@@H](Cc1ccccc1)N(Cc1ccccc1Cl)C(=O)CN(c1ccccc1F)S(=O)(=O)c1ccccc1. The second-order valence-electron chi connectivity index (χ2n) is 9.21. The Labute approximate surface area is 244 Å². The molecule has 10 heteroatoms. The molecule has 4 aromatic carbocycles. The van der Waals surface area contributed by atoms with Crippen LogP contribution in [-0.4, -0.2) is 44.8 Å². The van der Waals surface area contributed by atoms with Crippen molar-refractivity contribution in [3.05, 3.63) is 131 Å². The van der Waals surface area contributed by atoms with Crippen LogP contribution in [0.3, 0.4) is 0 Å². The predicted octanol–water partition coefficient (Wildman–Crippen LogP) is 5.06. The molecule has 0 aliphatic carbocycles. The quantitative estimate of drug-likeness (QED) is 0.263. The average Bonchev–Trinajstić information content (AvgIpc) is 2.99. The van der Waals surface area contributed by atoms with Crippen LogP contribution in [0.15, 0.2) is 114 Å². The Bertz CT molecular complexity index is 1600. The summed E-state index contributed by atoms with van der Waals surface area (Å²) in [6.07, 6.45) is 0.155. The number of sulfonamides is 1. The molecule has 0 unspecified atom stereocenters. The third kappa shape index (κ3) is 7.11. The van der Waals surface area contributed by atoms with Gasteiger partial charge in [-0.2, -0.15) is 0 Å². The Balaban J connectivity index is 1.80. The zero-order valence-electron chi connectivity index (χ0n) is 22.3. The molecule has 0 bridgehead atoms. The van der Waals surface area contributed by atoms with Gasteiger partial charge in [-0.1, -0.05) is 90.5 Å². The fourth-order valence-corrected chi connectivity index (χ4v) is 6.06. The van der Waals surface area contributed by atoms with Gasteiger partial charge in [-0.3, -0.25) is 13.9 Å². The number of carbonyl (C=O) groups excluding carboxylic acids is 2. The van der Waals surface area contributed by atoms with Crippen LogP contribution in [0.2, 0.25) is 5.02 Å². The number of nitrogens with one attached hydrogen (secondary N) is 1. The number of likely N-dealkylation sites (N-methyl/N-ethyl adjacent to an activating group) is 1. The molecular formula is C31H29ClFN3O4S. The Kier molecular flexibility index (Phi) is 9.75. The summed E-state index contributed by atoms with van der Waals surface area (Å²) in [6.45, 7) is -0.842. The van der Waals surface area contributed by atoms with Crippen molar-refractivity contribution in [2.24, 2.45) is 0 Å². The molecule has 0 saturated heterocycles. The fraction of sp³-hybridized carbons (Fsp3) is 0.161. The topological polar surface area (TPSA) is 86.8 Å². The molecule has 4 rings (SSSR count). The van der Waals surface area contributed by atoms with E-state index in [0.717, 1.165) is 15.9 Å². The molecule has 212 valence electrons. The van der Waals surface area contributed by atoms with E-state index in [-0.39, 0.29) is 23.5 Å². The van der Waals surface area contributed by atoms with Crippen molar-refractivity contribution < 1.29 is 22.4 Å². The van der Waals surface area contributed by atoms with Gasteiger partial charge in [0.1, 0.15) is 18.4 Å². The van der Waals surface area contributed by atoms with E-state index in [1.165, 1.54) is 42.3 Å². The number of hydrogen-bond acceptors (Lipinski definition) is 4. The summed E-state index contributed by atoms with van der Waals surface area (Å²) in [7, 11) is -2.92. The molecule has 0 radical (unpaired) electrons. The van der Waals surface area contributed by atoms with Crippen LogP contribution < -0.4 is 9.62 Å². The van der Waals surface area contributed by atoms with Crippen LogP contribution >= 0.6 is 11.6 Å². The normalized spacial score (nSPS) is 11.9. The number of benzene rings is 4. The molecule has 4 aromatic rings. The van der Waals surface area contributed by atoms with Gasteiger partial charge in [-0.25, -0.2) is 12.8 Å². The lowest BCUT2D eigenvalue weighted by molar-refractivity contribution is -0.139. The van der Waals surface area contributed by atoms with E-state index in [4.69, 9.17) is 11.6 Å². The molecule has 0 heterocycles. The Morgan fingerprint density at radius 3 is 2.07 bits per heavy atom. The van der Waals surface area contributed by atoms with Gasteiger partial charge in [0.15, 0.2) is 0 Å². The van der Waals surface area contributed by atoms with Crippen molar-refractivity contribution >= 4 is 39.1 Å². The second kappa shape index (κ2) is 13.4.